The van der Waals surface area contributed by atoms with E-state index in [1.165, 1.54) is 7.11 Å². The summed E-state index contributed by atoms with van der Waals surface area (Å²) < 4.78 is 34.2. The van der Waals surface area contributed by atoms with Gasteiger partial charge in [-0.05, 0) is 79.3 Å². The number of methoxy groups -OCH3 is 1. The van der Waals surface area contributed by atoms with E-state index in [0.29, 0.717) is 22.2 Å². The Balaban J connectivity index is 1.67. The Labute approximate surface area is 222 Å². The predicted molar refractivity (Wildman–Crippen MR) is 150 cm³/mol. The largest absolute Gasteiger partial charge is 0.495 e. The van der Waals surface area contributed by atoms with E-state index in [0.717, 1.165) is 28.9 Å². The van der Waals surface area contributed by atoms with Crippen LogP contribution < -0.4 is 19.7 Å². The topological polar surface area (TPSA) is 88.5 Å². The monoisotopic (exact) mass is 533 g/mol. The highest BCUT2D eigenvalue weighted by Crippen LogP contribution is 2.43. The molecule has 0 aliphatic carbocycles. The Morgan fingerprint density at radius 3 is 2.57 bits per heavy atom. The third kappa shape index (κ3) is 5.03. The Morgan fingerprint density at radius 2 is 1.86 bits per heavy atom. The van der Waals surface area contributed by atoms with Gasteiger partial charge in [0.2, 0.25) is 10.0 Å². The summed E-state index contributed by atoms with van der Waals surface area (Å²) in [5.74, 6) is 0.410. The molecule has 4 aromatic rings. The highest BCUT2D eigenvalue weighted by Gasteiger charge is 2.42. The fourth-order valence-corrected chi connectivity index (χ4v) is 5.61. The molecule has 2 atom stereocenters. The fourth-order valence-electron chi connectivity index (χ4n) is 4.71. The number of rotatable bonds is 7. The molecule has 0 saturated carbocycles. The lowest BCUT2D eigenvalue weighted by atomic mass is 10.0. The number of benzene rings is 2. The average molecular weight is 534 g/mol. The zero-order chi connectivity index (χ0) is 26.2. The first-order chi connectivity index (χ1) is 17.7. The van der Waals surface area contributed by atoms with E-state index >= 15 is 0 Å². The third-order valence-electron chi connectivity index (χ3n) is 6.22. The van der Waals surface area contributed by atoms with E-state index in [4.69, 9.17) is 17.0 Å². The minimum atomic E-state index is -3.53. The number of hydrogen-bond acceptors (Lipinski definition) is 5. The molecular formula is C27H27N5O3S2. The predicted octanol–water partition coefficient (Wildman–Crippen LogP) is 4.74. The summed E-state index contributed by atoms with van der Waals surface area (Å²) in [6, 6.07) is 23.0. The smallest absolute Gasteiger partial charge is 0.229 e. The first-order valence-corrected chi connectivity index (χ1v) is 14.0. The van der Waals surface area contributed by atoms with Gasteiger partial charge in [0.1, 0.15) is 11.8 Å². The van der Waals surface area contributed by atoms with Crippen molar-refractivity contribution in [1.29, 1.82) is 0 Å². The van der Waals surface area contributed by atoms with Crippen molar-refractivity contribution in [2.45, 2.75) is 19.0 Å². The van der Waals surface area contributed by atoms with Crippen LogP contribution in [0.4, 0.5) is 11.4 Å². The number of thiocarbonyl (C=S) groups is 1. The van der Waals surface area contributed by atoms with Gasteiger partial charge < -0.3 is 19.5 Å². The molecule has 3 heterocycles. The molecule has 2 N–H and O–H groups in total. The molecule has 1 saturated heterocycles. The molecule has 0 spiro atoms. The first-order valence-electron chi connectivity index (χ1n) is 11.7. The maximum absolute atomic E-state index is 12.1. The van der Waals surface area contributed by atoms with Gasteiger partial charge in [-0.2, -0.15) is 0 Å². The Hall–Kier alpha value is -3.89. The van der Waals surface area contributed by atoms with Crippen LogP contribution in [0.1, 0.15) is 29.0 Å². The molecule has 0 amide bonds. The number of aryl methyl sites for hydroxylation is 1. The zero-order valence-electron chi connectivity index (χ0n) is 20.6. The highest BCUT2D eigenvalue weighted by atomic mass is 32.2. The highest BCUT2D eigenvalue weighted by molar-refractivity contribution is 7.92. The second-order valence-electron chi connectivity index (χ2n) is 8.90. The maximum atomic E-state index is 12.1. The third-order valence-corrected chi connectivity index (χ3v) is 7.12. The Kier molecular flexibility index (Phi) is 6.61. The van der Waals surface area contributed by atoms with Crippen molar-refractivity contribution in [3.05, 3.63) is 102 Å². The van der Waals surface area contributed by atoms with Gasteiger partial charge in [-0.3, -0.25) is 9.71 Å². The molecule has 1 aliphatic rings. The van der Waals surface area contributed by atoms with Gasteiger partial charge in [0.15, 0.2) is 5.11 Å². The number of nitrogens with one attached hydrogen (secondary N) is 2. The summed E-state index contributed by atoms with van der Waals surface area (Å²) in [6.07, 6.45) is 4.90. The van der Waals surface area contributed by atoms with Crippen molar-refractivity contribution in [1.82, 2.24) is 14.9 Å². The van der Waals surface area contributed by atoms with Gasteiger partial charge in [-0.25, -0.2) is 8.42 Å². The van der Waals surface area contributed by atoms with Crippen molar-refractivity contribution in [3.63, 3.8) is 0 Å². The average Bonchev–Trinajstić information content (AvgIpc) is 3.48. The lowest BCUT2D eigenvalue weighted by molar-refractivity contribution is 0.417. The van der Waals surface area contributed by atoms with E-state index in [9.17, 15) is 8.42 Å². The molecule has 37 heavy (non-hydrogen) atoms. The van der Waals surface area contributed by atoms with Crippen molar-refractivity contribution in [2.75, 3.05) is 23.0 Å². The lowest BCUT2D eigenvalue weighted by Gasteiger charge is -2.29. The minimum absolute atomic E-state index is 0.249. The Morgan fingerprint density at radius 1 is 1.03 bits per heavy atom. The molecule has 8 nitrogen and oxygen atoms in total. The molecule has 5 rings (SSSR count). The van der Waals surface area contributed by atoms with Crippen LogP contribution in [-0.2, 0) is 10.0 Å². The molecule has 0 bridgehead atoms. The van der Waals surface area contributed by atoms with Crippen LogP contribution in [-0.4, -0.2) is 36.4 Å². The van der Waals surface area contributed by atoms with Crippen LogP contribution in [0.3, 0.4) is 0 Å². The molecule has 0 unspecified atom stereocenters. The van der Waals surface area contributed by atoms with Crippen molar-refractivity contribution >= 4 is 38.7 Å². The molecule has 10 heteroatoms. The number of pyridine rings is 1. The van der Waals surface area contributed by atoms with Gasteiger partial charge in [0, 0.05) is 29.5 Å². The fraction of sp³-hybridized carbons (Fsp3) is 0.185. The van der Waals surface area contributed by atoms with Gasteiger partial charge >= 0.3 is 0 Å². The van der Waals surface area contributed by atoms with E-state index in [-0.39, 0.29) is 12.1 Å². The summed E-state index contributed by atoms with van der Waals surface area (Å²) in [5.41, 5.74) is 5.08. The number of ether oxygens (including phenoxy) is 1. The van der Waals surface area contributed by atoms with E-state index in [1.54, 1.807) is 18.3 Å². The van der Waals surface area contributed by atoms with Crippen LogP contribution in [0, 0.1) is 6.92 Å². The first kappa shape index (κ1) is 24.8. The SMILES string of the molecule is COc1ccc(N2C(=S)N[C@@H](c3ccccn3)[C@H]2c2cccn2-c2cccc(C)c2)cc1NS(C)(=O)=O. The summed E-state index contributed by atoms with van der Waals surface area (Å²) in [7, 11) is -2.03. The standard InChI is InChI=1S/C27H27N5O3S2/c1-18-8-6-9-19(16-18)31-15-7-11-23(31)26-25(21-10-4-5-14-28-21)29-27(36)32(26)20-12-13-24(35-2)22(17-20)30-37(3,33)34/h4-17,25-26,30H,1-3H3,(H,29,36)/t25-,26+/m0/s1. The molecular weight excluding hydrogens is 506 g/mol. The van der Waals surface area contributed by atoms with E-state index in [1.807, 2.05) is 47.5 Å². The van der Waals surface area contributed by atoms with Crippen LogP contribution in [0.5, 0.6) is 5.75 Å². The molecule has 190 valence electrons. The minimum Gasteiger partial charge on any atom is -0.495 e. The number of aromatic nitrogens is 2. The molecule has 1 fully saturated rings. The molecule has 2 aromatic carbocycles. The zero-order valence-corrected chi connectivity index (χ0v) is 22.3. The van der Waals surface area contributed by atoms with Crippen LogP contribution >= 0.6 is 12.2 Å². The molecule has 0 radical (unpaired) electrons. The van der Waals surface area contributed by atoms with Gasteiger partial charge in [-0.15, -0.1) is 0 Å². The van der Waals surface area contributed by atoms with Crippen molar-refractivity contribution < 1.29 is 13.2 Å². The second kappa shape index (κ2) is 9.87. The molecule has 2 aromatic heterocycles. The van der Waals surface area contributed by atoms with E-state index < -0.39 is 10.0 Å². The lowest BCUT2D eigenvalue weighted by Crippen LogP contribution is -2.30. The number of nitrogens with zero attached hydrogens (tertiary/aromatic N) is 3. The maximum Gasteiger partial charge on any atom is 0.229 e. The molecule has 1 aliphatic heterocycles. The number of sulfonamides is 1. The number of anilines is 2. The normalized spacial score (nSPS) is 17.5. The summed E-state index contributed by atoms with van der Waals surface area (Å²) >= 11 is 5.85. The van der Waals surface area contributed by atoms with Gasteiger partial charge in [0.05, 0.1) is 30.8 Å². The van der Waals surface area contributed by atoms with Gasteiger partial charge in [-0.1, -0.05) is 18.2 Å². The summed E-state index contributed by atoms with van der Waals surface area (Å²) in [4.78, 5) is 6.63. The number of hydrogen-bond donors (Lipinski definition) is 2. The quantitative estimate of drug-likeness (QED) is 0.332. The summed E-state index contributed by atoms with van der Waals surface area (Å²) in [6.45, 7) is 2.07. The van der Waals surface area contributed by atoms with Crippen LogP contribution in [0.25, 0.3) is 5.69 Å². The second-order valence-corrected chi connectivity index (χ2v) is 11.0. The van der Waals surface area contributed by atoms with Crippen LogP contribution in [0.15, 0.2) is 85.2 Å². The van der Waals surface area contributed by atoms with Crippen LogP contribution in [0.2, 0.25) is 0 Å². The van der Waals surface area contributed by atoms with Crippen molar-refractivity contribution in [3.8, 4) is 11.4 Å². The van der Waals surface area contributed by atoms with E-state index in [2.05, 4.69) is 50.8 Å². The summed E-state index contributed by atoms with van der Waals surface area (Å²) in [5, 5.41) is 3.96. The Bertz CT molecular complexity index is 1550. The van der Waals surface area contributed by atoms with Gasteiger partial charge in [0.25, 0.3) is 0 Å². The van der Waals surface area contributed by atoms with Crippen molar-refractivity contribution in [2.24, 2.45) is 0 Å².